The first-order valence-electron chi connectivity index (χ1n) is 5.66. The topological polar surface area (TPSA) is 103 Å². The maximum absolute atomic E-state index is 11.0. The molecular weight excluding hydrogens is 316 g/mol. The van der Waals surface area contributed by atoms with Crippen molar-refractivity contribution in [3.05, 3.63) is 39.4 Å². The number of aromatic nitrogens is 1. The standard InChI is InChI=1S/C12H10N2O5S2/c1-19-8-2-3-9(14(17)18)10(5-8)21-12-13-7(6-20-12)4-11(15)16/h2-3,5-6H,4H2,1H3,(H,15,16). The summed E-state index contributed by atoms with van der Waals surface area (Å²) in [6.45, 7) is 0. The van der Waals surface area contributed by atoms with Crippen molar-refractivity contribution in [3.63, 3.8) is 0 Å². The summed E-state index contributed by atoms with van der Waals surface area (Å²) >= 11 is 2.36. The Balaban J connectivity index is 2.27. The number of carboxylic acid groups (broad SMARTS) is 1. The van der Waals surface area contributed by atoms with Crippen molar-refractivity contribution in [1.29, 1.82) is 0 Å². The third kappa shape index (κ3) is 3.92. The molecule has 0 aliphatic carbocycles. The van der Waals surface area contributed by atoms with Gasteiger partial charge in [0, 0.05) is 17.5 Å². The third-order valence-electron chi connectivity index (χ3n) is 2.42. The van der Waals surface area contributed by atoms with Gasteiger partial charge < -0.3 is 9.84 Å². The van der Waals surface area contributed by atoms with Crippen LogP contribution in [0.25, 0.3) is 0 Å². The maximum atomic E-state index is 11.0. The minimum atomic E-state index is -0.968. The lowest BCUT2D eigenvalue weighted by atomic mass is 10.3. The zero-order valence-electron chi connectivity index (χ0n) is 10.8. The predicted octanol–water partition coefficient (Wildman–Crippen LogP) is 2.84. The van der Waals surface area contributed by atoms with Gasteiger partial charge in [0.1, 0.15) is 5.75 Å². The van der Waals surface area contributed by atoms with Crippen LogP contribution < -0.4 is 4.74 Å². The van der Waals surface area contributed by atoms with E-state index in [1.165, 1.54) is 30.6 Å². The van der Waals surface area contributed by atoms with Crippen molar-refractivity contribution in [2.24, 2.45) is 0 Å². The lowest BCUT2D eigenvalue weighted by Crippen LogP contribution is -1.99. The molecule has 1 heterocycles. The molecule has 0 aliphatic heterocycles. The van der Waals surface area contributed by atoms with Crippen LogP contribution in [0.1, 0.15) is 5.69 Å². The van der Waals surface area contributed by atoms with Gasteiger partial charge in [0.15, 0.2) is 4.34 Å². The number of thiazole rings is 1. The number of hydrogen-bond donors (Lipinski definition) is 1. The van der Waals surface area contributed by atoms with Crippen LogP contribution in [-0.2, 0) is 11.2 Å². The van der Waals surface area contributed by atoms with Crippen molar-refractivity contribution in [3.8, 4) is 5.75 Å². The highest BCUT2D eigenvalue weighted by atomic mass is 32.2. The third-order valence-corrected chi connectivity index (χ3v) is 4.46. The minimum absolute atomic E-state index is 0.0456. The number of nitro benzene ring substituents is 1. The summed E-state index contributed by atoms with van der Waals surface area (Å²) in [7, 11) is 1.48. The molecule has 0 fully saturated rings. The molecule has 0 bridgehead atoms. The average Bonchev–Trinajstić information content (AvgIpc) is 2.84. The normalized spacial score (nSPS) is 10.3. The number of rotatable bonds is 6. The summed E-state index contributed by atoms with van der Waals surface area (Å²) in [5.41, 5.74) is 0.385. The molecule has 0 saturated heterocycles. The van der Waals surface area contributed by atoms with E-state index >= 15 is 0 Å². The number of carboxylic acids is 1. The summed E-state index contributed by atoms with van der Waals surface area (Å²) in [6, 6.07) is 4.44. The highest BCUT2D eigenvalue weighted by Gasteiger charge is 2.17. The Morgan fingerprint density at radius 1 is 1.57 bits per heavy atom. The van der Waals surface area contributed by atoms with E-state index in [2.05, 4.69) is 4.98 Å². The molecule has 110 valence electrons. The number of nitrogens with zero attached hydrogens (tertiary/aromatic N) is 2. The molecule has 0 aliphatic rings. The molecule has 1 aromatic carbocycles. The van der Waals surface area contributed by atoms with E-state index in [-0.39, 0.29) is 12.1 Å². The fourth-order valence-corrected chi connectivity index (χ4v) is 3.44. The summed E-state index contributed by atoms with van der Waals surface area (Å²) < 4.78 is 5.60. The molecular formula is C12H10N2O5S2. The van der Waals surface area contributed by atoms with Crippen LogP contribution in [0.2, 0.25) is 0 Å². The van der Waals surface area contributed by atoms with Crippen molar-refractivity contribution in [2.45, 2.75) is 15.7 Å². The van der Waals surface area contributed by atoms with Crippen LogP contribution in [0, 0.1) is 10.1 Å². The molecule has 0 atom stereocenters. The first-order chi connectivity index (χ1) is 9.99. The average molecular weight is 326 g/mol. The van der Waals surface area contributed by atoms with E-state index in [1.54, 1.807) is 11.4 Å². The quantitative estimate of drug-likeness (QED) is 0.643. The molecule has 1 N–H and O–H groups in total. The zero-order chi connectivity index (χ0) is 15.4. The smallest absolute Gasteiger partial charge is 0.309 e. The number of methoxy groups -OCH3 is 1. The maximum Gasteiger partial charge on any atom is 0.309 e. The first kappa shape index (κ1) is 15.3. The molecule has 0 saturated carbocycles. The molecule has 0 amide bonds. The Hall–Kier alpha value is -2.13. The number of hydrogen-bond acceptors (Lipinski definition) is 7. The van der Waals surface area contributed by atoms with Crippen LogP contribution in [0.15, 0.2) is 32.8 Å². The Morgan fingerprint density at radius 2 is 2.33 bits per heavy atom. The van der Waals surface area contributed by atoms with Crippen molar-refractivity contribution < 1.29 is 19.6 Å². The van der Waals surface area contributed by atoms with Crippen LogP contribution in [0.4, 0.5) is 5.69 Å². The molecule has 7 nitrogen and oxygen atoms in total. The first-order valence-corrected chi connectivity index (χ1v) is 7.35. The van der Waals surface area contributed by atoms with E-state index in [9.17, 15) is 14.9 Å². The zero-order valence-corrected chi connectivity index (χ0v) is 12.4. The van der Waals surface area contributed by atoms with E-state index in [1.807, 2.05) is 0 Å². The highest BCUT2D eigenvalue weighted by Crippen LogP contribution is 2.38. The number of benzene rings is 1. The molecule has 0 unspecified atom stereocenters. The monoisotopic (exact) mass is 326 g/mol. The number of carbonyl (C=O) groups is 1. The minimum Gasteiger partial charge on any atom is -0.497 e. The molecule has 21 heavy (non-hydrogen) atoms. The van der Waals surface area contributed by atoms with Gasteiger partial charge >= 0.3 is 5.97 Å². The fraction of sp³-hybridized carbons (Fsp3) is 0.167. The van der Waals surface area contributed by atoms with Gasteiger partial charge in [0.25, 0.3) is 5.69 Å². The Morgan fingerprint density at radius 3 is 2.95 bits per heavy atom. The SMILES string of the molecule is COc1ccc([N+](=O)[O-])c(Sc2nc(CC(=O)O)cs2)c1. The second-order valence-electron chi connectivity index (χ2n) is 3.87. The second kappa shape index (κ2) is 6.55. The molecule has 2 rings (SSSR count). The van der Waals surface area contributed by atoms with Gasteiger partial charge in [-0.25, -0.2) is 4.98 Å². The summed E-state index contributed by atoms with van der Waals surface area (Å²) in [4.78, 5) is 25.7. The predicted molar refractivity (Wildman–Crippen MR) is 77.2 cm³/mol. The van der Waals surface area contributed by atoms with E-state index in [4.69, 9.17) is 9.84 Å². The molecule has 0 radical (unpaired) electrons. The number of ether oxygens (including phenoxy) is 1. The Kier molecular flexibility index (Phi) is 4.76. The molecule has 0 spiro atoms. The highest BCUT2D eigenvalue weighted by molar-refractivity contribution is 8.01. The van der Waals surface area contributed by atoms with E-state index < -0.39 is 10.9 Å². The molecule has 1 aromatic heterocycles. The van der Waals surface area contributed by atoms with Crippen LogP contribution in [-0.4, -0.2) is 28.1 Å². The lowest BCUT2D eigenvalue weighted by Gasteiger charge is -2.03. The Labute approximate surface area is 127 Å². The summed E-state index contributed by atoms with van der Waals surface area (Å²) in [5.74, 6) is -0.463. The van der Waals surface area contributed by atoms with Gasteiger partial charge in [-0.05, 0) is 6.07 Å². The van der Waals surface area contributed by atoms with Gasteiger partial charge in [0.2, 0.25) is 0 Å². The van der Waals surface area contributed by atoms with Crippen molar-refractivity contribution in [1.82, 2.24) is 4.98 Å². The van der Waals surface area contributed by atoms with Crippen molar-refractivity contribution in [2.75, 3.05) is 7.11 Å². The fourth-order valence-electron chi connectivity index (χ4n) is 1.52. The number of nitro groups is 1. The van der Waals surface area contributed by atoms with Gasteiger partial charge in [-0.15, -0.1) is 11.3 Å². The van der Waals surface area contributed by atoms with E-state index in [0.29, 0.717) is 20.7 Å². The molecule has 9 heteroatoms. The van der Waals surface area contributed by atoms with E-state index in [0.717, 1.165) is 11.8 Å². The van der Waals surface area contributed by atoms with Gasteiger partial charge in [-0.1, -0.05) is 11.8 Å². The Bertz CT molecular complexity index is 686. The van der Waals surface area contributed by atoms with Crippen LogP contribution in [0.3, 0.4) is 0 Å². The number of aliphatic carboxylic acids is 1. The summed E-state index contributed by atoms with van der Waals surface area (Å²) in [5, 5.41) is 21.3. The van der Waals surface area contributed by atoms with Crippen molar-refractivity contribution >= 4 is 34.8 Å². The van der Waals surface area contributed by atoms with Crippen LogP contribution >= 0.6 is 23.1 Å². The summed E-state index contributed by atoms with van der Waals surface area (Å²) in [6.07, 6.45) is -0.169. The second-order valence-corrected chi connectivity index (χ2v) is 6.02. The van der Waals surface area contributed by atoms with Crippen LogP contribution in [0.5, 0.6) is 5.75 Å². The van der Waals surface area contributed by atoms with Gasteiger partial charge in [-0.3, -0.25) is 14.9 Å². The molecule has 2 aromatic rings. The van der Waals surface area contributed by atoms with Gasteiger partial charge in [0.05, 0.1) is 29.0 Å². The largest absolute Gasteiger partial charge is 0.497 e. The van der Waals surface area contributed by atoms with Gasteiger partial charge in [-0.2, -0.15) is 0 Å². The lowest BCUT2D eigenvalue weighted by molar-refractivity contribution is -0.387.